The van der Waals surface area contributed by atoms with Gasteiger partial charge in [-0.2, -0.15) is 0 Å². The Labute approximate surface area is 114 Å². The first kappa shape index (κ1) is 13.9. The van der Waals surface area contributed by atoms with Crippen molar-refractivity contribution < 1.29 is 4.79 Å². The Bertz CT molecular complexity index is 462. The van der Waals surface area contributed by atoms with Crippen LogP contribution in [0, 0.1) is 6.92 Å². The van der Waals surface area contributed by atoms with Gasteiger partial charge in [-0.25, -0.2) is 5.01 Å². The number of carbonyl (C=O) groups excluding carboxylic acids is 1. The van der Waals surface area contributed by atoms with E-state index < -0.39 is 0 Å². The summed E-state index contributed by atoms with van der Waals surface area (Å²) in [5.41, 5.74) is 11.0. The molecule has 1 fully saturated rings. The predicted octanol–water partition coefficient (Wildman–Crippen LogP) is 2.48. The van der Waals surface area contributed by atoms with Crippen LogP contribution in [-0.4, -0.2) is 23.0 Å². The molecule has 0 saturated carbocycles. The standard InChI is InChI=1S/C15H23N3O/c1-10-7-8-14(16)13(9-10)15(19)17-18-11(2)5-4-6-12(18)3/h7-9,11-12H,4-6,16H2,1-3H3,(H,17,19). The highest BCUT2D eigenvalue weighted by atomic mass is 16.2. The number of aryl methyl sites for hydroxylation is 1. The molecule has 104 valence electrons. The van der Waals surface area contributed by atoms with E-state index in [1.165, 1.54) is 6.42 Å². The van der Waals surface area contributed by atoms with Gasteiger partial charge < -0.3 is 5.73 Å². The number of amides is 1. The predicted molar refractivity (Wildman–Crippen MR) is 77.7 cm³/mol. The van der Waals surface area contributed by atoms with Crippen molar-refractivity contribution in [2.75, 3.05) is 5.73 Å². The molecule has 2 atom stereocenters. The molecule has 1 aromatic carbocycles. The van der Waals surface area contributed by atoms with Gasteiger partial charge in [0, 0.05) is 17.8 Å². The van der Waals surface area contributed by atoms with Crippen molar-refractivity contribution in [3.63, 3.8) is 0 Å². The summed E-state index contributed by atoms with van der Waals surface area (Å²) >= 11 is 0. The van der Waals surface area contributed by atoms with Gasteiger partial charge >= 0.3 is 0 Å². The van der Waals surface area contributed by atoms with Gasteiger partial charge in [-0.3, -0.25) is 10.2 Å². The fourth-order valence-corrected chi connectivity index (χ4v) is 2.69. The molecule has 3 N–H and O–H groups in total. The Morgan fingerprint density at radius 2 is 1.95 bits per heavy atom. The van der Waals surface area contributed by atoms with Crippen LogP contribution in [0.4, 0.5) is 5.69 Å². The summed E-state index contributed by atoms with van der Waals surface area (Å²) < 4.78 is 0. The lowest BCUT2D eigenvalue weighted by molar-refractivity contribution is 0.0370. The Hall–Kier alpha value is -1.55. The van der Waals surface area contributed by atoms with Gasteiger partial charge in [-0.1, -0.05) is 18.1 Å². The third-order valence-electron chi connectivity index (χ3n) is 3.88. The summed E-state index contributed by atoms with van der Waals surface area (Å²) in [6.07, 6.45) is 3.46. The van der Waals surface area contributed by atoms with E-state index in [1.54, 1.807) is 6.07 Å². The van der Waals surface area contributed by atoms with Crippen LogP contribution < -0.4 is 11.2 Å². The Morgan fingerprint density at radius 3 is 2.58 bits per heavy atom. The number of rotatable bonds is 2. The van der Waals surface area contributed by atoms with Crippen LogP contribution in [-0.2, 0) is 0 Å². The van der Waals surface area contributed by atoms with Crippen molar-refractivity contribution in [2.45, 2.75) is 52.1 Å². The van der Waals surface area contributed by atoms with E-state index in [2.05, 4.69) is 24.3 Å². The molecule has 0 spiro atoms. The topological polar surface area (TPSA) is 58.4 Å². The van der Waals surface area contributed by atoms with E-state index >= 15 is 0 Å². The molecule has 4 heteroatoms. The van der Waals surface area contributed by atoms with Crippen molar-refractivity contribution in [3.05, 3.63) is 29.3 Å². The fraction of sp³-hybridized carbons (Fsp3) is 0.533. The smallest absolute Gasteiger partial charge is 0.267 e. The van der Waals surface area contributed by atoms with E-state index in [9.17, 15) is 4.79 Å². The molecule has 1 heterocycles. The SMILES string of the molecule is Cc1ccc(N)c(C(=O)NN2C(C)CCCC2C)c1. The summed E-state index contributed by atoms with van der Waals surface area (Å²) in [5, 5.41) is 2.06. The van der Waals surface area contributed by atoms with Crippen LogP contribution in [0.25, 0.3) is 0 Å². The van der Waals surface area contributed by atoms with Crippen LogP contribution in [0.5, 0.6) is 0 Å². The highest BCUT2D eigenvalue weighted by Gasteiger charge is 2.26. The largest absolute Gasteiger partial charge is 0.398 e. The second-order valence-electron chi connectivity index (χ2n) is 5.57. The maximum atomic E-state index is 12.3. The Morgan fingerprint density at radius 1 is 1.32 bits per heavy atom. The molecule has 2 unspecified atom stereocenters. The van der Waals surface area contributed by atoms with Gasteiger partial charge in [0.05, 0.1) is 5.56 Å². The molecular formula is C15H23N3O. The van der Waals surface area contributed by atoms with Crippen molar-refractivity contribution in [1.29, 1.82) is 0 Å². The van der Waals surface area contributed by atoms with Crippen LogP contribution in [0.2, 0.25) is 0 Å². The monoisotopic (exact) mass is 261 g/mol. The minimum absolute atomic E-state index is 0.109. The zero-order valence-electron chi connectivity index (χ0n) is 11.9. The number of nitrogens with one attached hydrogen (secondary N) is 1. The van der Waals surface area contributed by atoms with E-state index in [0.29, 0.717) is 23.3 Å². The molecule has 1 saturated heterocycles. The quantitative estimate of drug-likeness (QED) is 0.804. The molecule has 19 heavy (non-hydrogen) atoms. The normalized spacial score (nSPS) is 24.2. The van der Waals surface area contributed by atoms with Crippen LogP contribution >= 0.6 is 0 Å². The summed E-state index contributed by atoms with van der Waals surface area (Å²) in [4.78, 5) is 12.3. The number of hydrogen-bond donors (Lipinski definition) is 2. The average molecular weight is 261 g/mol. The summed E-state index contributed by atoms with van der Waals surface area (Å²) in [5.74, 6) is -0.109. The zero-order valence-corrected chi connectivity index (χ0v) is 11.9. The summed E-state index contributed by atoms with van der Waals surface area (Å²) in [6, 6.07) is 6.28. The first-order chi connectivity index (χ1) is 8.99. The van der Waals surface area contributed by atoms with Crippen molar-refractivity contribution in [2.24, 2.45) is 0 Å². The maximum absolute atomic E-state index is 12.3. The minimum Gasteiger partial charge on any atom is -0.398 e. The van der Waals surface area contributed by atoms with Gasteiger partial charge in [0.15, 0.2) is 0 Å². The van der Waals surface area contributed by atoms with Crippen molar-refractivity contribution in [1.82, 2.24) is 10.4 Å². The highest BCUT2D eigenvalue weighted by molar-refractivity contribution is 5.99. The number of hydrogen-bond acceptors (Lipinski definition) is 3. The number of piperidine rings is 1. The van der Waals surface area contributed by atoms with Gasteiger partial charge in [0.25, 0.3) is 5.91 Å². The minimum atomic E-state index is -0.109. The van der Waals surface area contributed by atoms with Gasteiger partial charge in [0.1, 0.15) is 0 Å². The molecule has 0 bridgehead atoms. The van der Waals surface area contributed by atoms with Crippen LogP contribution in [0.3, 0.4) is 0 Å². The van der Waals surface area contributed by atoms with Crippen molar-refractivity contribution >= 4 is 11.6 Å². The highest BCUT2D eigenvalue weighted by Crippen LogP contribution is 2.21. The summed E-state index contributed by atoms with van der Waals surface area (Å²) in [7, 11) is 0. The average Bonchev–Trinajstić information content (AvgIpc) is 2.37. The maximum Gasteiger partial charge on any atom is 0.267 e. The number of nitrogens with zero attached hydrogens (tertiary/aromatic N) is 1. The number of carbonyl (C=O) groups is 1. The number of anilines is 1. The number of nitrogens with two attached hydrogens (primary N) is 1. The molecule has 1 amide bonds. The molecular weight excluding hydrogens is 238 g/mol. The molecule has 0 aliphatic carbocycles. The molecule has 1 aromatic rings. The lowest BCUT2D eigenvalue weighted by Gasteiger charge is -2.38. The lowest BCUT2D eigenvalue weighted by Crippen LogP contribution is -2.54. The zero-order chi connectivity index (χ0) is 14.0. The third-order valence-corrected chi connectivity index (χ3v) is 3.88. The Balaban J connectivity index is 2.14. The molecule has 0 radical (unpaired) electrons. The van der Waals surface area contributed by atoms with E-state index in [-0.39, 0.29) is 5.91 Å². The first-order valence-corrected chi connectivity index (χ1v) is 6.94. The Kier molecular flexibility index (Phi) is 4.10. The lowest BCUT2D eigenvalue weighted by atomic mass is 10.00. The molecule has 1 aliphatic rings. The molecule has 4 nitrogen and oxygen atoms in total. The van der Waals surface area contributed by atoms with E-state index in [4.69, 9.17) is 5.73 Å². The third kappa shape index (κ3) is 3.07. The van der Waals surface area contributed by atoms with Crippen LogP contribution in [0.1, 0.15) is 49.0 Å². The fourth-order valence-electron chi connectivity index (χ4n) is 2.69. The first-order valence-electron chi connectivity index (χ1n) is 6.94. The van der Waals surface area contributed by atoms with Gasteiger partial charge in [-0.15, -0.1) is 0 Å². The number of hydrazine groups is 1. The van der Waals surface area contributed by atoms with E-state index in [0.717, 1.165) is 18.4 Å². The van der Waals surface area contributed by atoms with Crippen molar-refractivity contribution in [3.8, 4) is 0 Å². The second-order valence-corrected chi connectivity index (χ2v) is 5.57. The van der Waals surface area contributed by atoms with Gasteiger partial charge in [-0.05, 0) is 45.7 Å². The molecule has 1 aliphatic heterocycles. The molecule has 0 aromatic heterocycles. The molecule has 2 rings (SSSR count). The summed E-state index contributed by atoms with van der Waals surface area (Å²) in [6.45, 7) is 6.26. The second kappa shape index (κ2) is 5.61. The number of benzene rings is 1. The number of nitrogen functional groups attached to an aromatic ring is 1. The van der Waals surface area contributed by atoms with Crippen LogP contribution in [0.15, 0.2) is 18.2 Å². The van der Waals surface area contributed by atoms with E-state index in [1.807, 2.05) is 19.1 Å². The van der Waals surface area contributed by atoms with Gasteiger partial charge in [0.2, 0.25) is 0 Å².